The maximum atomic E-state index is 10.3. The van der Waals surface area contributed by atoms with Crippen LogP contribution in [0.4, 0.5) is 0 Å². The lowest BCUT2D eigenvalue weighted by molar-refractivity contribution is 0.204. The summed E-state index contributed by atoms with van der Waals surface area (Å²) in [5.41, 5.74) is 1.98. The van der Waals surface area contributed by atoms with Crippen LogP contribution in [0.2, 0.25) is 0 Å². The molecule has 0 radical (unpaired) electrons. The van der Waals surface area contributed by atoms with Crippen LogP contribution < -0.4 is 0 Å². The van der Waals surface area contributed by atoms with E-state index in [4.69, 9.17) is 0 Å². The number of rotatable bonds is 6. The predicted molar refractivity (Wildman–Crippen MR) is 93.3 cm³/mol. The first-order chi connectivity index (χ1) is 11.3. The van der Waals surface area contributed by atoms with Crippen molar-refractivity contribution in [2.45, 2.75) is 24.7 Å². The van der Waals surface area contributed by atoms with E-state index in [1.807, 2.05) is 60.7 Å². The molecule has 1 heterocycles. The summed E-state index contributed by atoms with van der Waals surface area (Å²) < 4.78 is 2.08. The Balaban J connectivity index is 1.75. The first kappa shape index (κ1) is 15.8. The van der Waals surface area contributed by atoms with E-state index in [2.05, 4.69) is 21.7 Å². The fraction of sp³-hybridized carbons (Fsp3) is 0.222. The zero-order valence-corrected chi connectivity index (χ0v) is 13.8. The molecule has 0 fully saturated rings. The van der Waals surface area contributed by atoms with Gasteiger partial charge < -0.3 is 9.67 Å². The van der Waals surface area contributed by atoms with Gasteiger partial charge in [-0.15, -0.1) is 10.2 Å². The van der Waals surface area contributed by atoms with Crippen LogP contribution in [0.15, 0.2) is 65.8 Å². The summed E-state index contributed by atoms with van der Waals surface area (Å²) >= 11 is 1.53. The van der Waals surface area contributed by atoms with Gasteiger partial charge in [-0.25, -0.2) is 0 Å². The van der Waals surface area contributed by atoms with Crippen molar-refractivity contribution >= 4 is 11.8 Å². The number of hydrogen-bond acceptors (Lipinski definition) is 4. The molecule has 0 aliphatic rings. The highest BCUT2D eigenvalue weighted by Gasteiger charge is 2.15. The summed E-state index contributed by atoms with van der Waals surface area (Å²) in [6, 6.07) is 19.7. The van der Waals surface area contributed by atoms with E-state index >= 15 is 0 Å². The minimum atomic E-state index is -0.511. The van der Waals surface area contributed by atoms with Crippen molar-refractivity contribution in [3.05, 3.63) is 66.2 Å². The van der Waals surface area contributed by atoms with E-state index in [1.165, 1.54) is 11.8 Å². The smallest absolute Gasteiger partial charge is 0.191 e. The molecule has 3 rings (SSSR count). The van der Waals surface area contributed by atoms with Crippen LogP contribution in [-0.4, -0.2) is 25.6 Å². The third-order valence-electron chi connectivity index (χ3n) is 3.62. The molecule has 0 bridgehead atoms. The van der Waals surface area contributed by atoms with Gasteiger partial charge in [-0.2, -0.15) is 0 Å². The molecule has 0 aliphatic carbocycles. The predicted octanol–water partition coefficient (Wildman–Crippen LogP) is 3.79. The van der Waals surface area contributed by atoms with Gasteiger partial charge >= 0.3 is 0 Å². The average Bonchev–Trinajstić information content (AvgIpc) is 3.04. The van der Waals surface area contributed by atoms with Gasteiger partial charge in [-0.3, -0.25) is 0 Å². The second kappa shape index (κ2) is 7.44. The summed E-state index contributed by atoms with van der Waals surface area (Å²) in [6.07, 6.45) is -0.511. The molecule has 0 unspecified atom stereocenters. The highest BCUT2D eigenvalue weighted by molar-refractivity contribution is 7.99. The Hall–Kier alpha value is -2.11. The van der Waals surface area contributed by atoms with Crippen LogP contribution >= 0.6 is 11.8 Å². The fourth-order valence-corrected chi connectivity index (χ4v) is 3.38. The monoisotopic (exact) mass is 325 g/mol. The molecule has 0 amide bonds. The molecule has 4 nitrogen and oxygen atoms in total. The lowest BCUT2D eigenvalue weighted by atomic mass is 10.1. The van der Waals surface area contributed by atoms with E-state index in [9.17, 15) is 5.11 Å². The van der Waals surface area contributed by atoms with Crippen molar-refractivity contribution in [1.82, 2.24) is 14.8 Å². The van der Waals surface area contributed by atoms with Gasteiger partial charge in [0.25, 0.3) is 0 Å². The highest BCUT2D eigenvalue weighted by Crippen LogP contribution is 2.27. The van der Waals surface area contributed by atoms with E-state index in [1.54, 1.807) is 0 Å². The van der Waals surface area contributed by atoms with Crippen LogP contribution in [0.1, 0.15) is 18.6 Å². The lowest BCUT2D eigenvalue weighted by Crippen LogP contribution is -2.03. The van der Waals surface area contributed by atoms with E-state index < -0.39 is 6.10 Å². The Morgan fingerprint density at radius 2 is 1.65 bits per heavy atom. The number of aliphatic hydroxyl groups is 1. The molecular formula is C18H19N3OS. The number of aromatic nitrogens is 3. The third kappa shape index (κ3) is 3.63. The Morgan fingerprint density at radius 3 is 2.30 bits per heavy atom. The first-order valence-corrected chi connectivity index (χ1v) is 8.62. The largest absolute Gasteiger partial charge is 0.388 e. The Kier molecular flexibility index (Phi) is 5.10. The van der Waals surface area contributed by atoms with Crippen LogP contribution in [0.3, 0.4) is 0 Å². The molecule has 1 atom stereocenters. The molecule has 0 saturated heterocycles. The van der Waals surface area contributed by atoms with Gasteiger partial charge in [-0.1, -0.05) is 72.4 Å². The average molecular weight is 325 g/mol. The molecular weight excluding hydrogens is 306 g/mol. The zero-order valence-electron chi connectivity index (χ0n) is 13.0. The number of aliphatic hydroxyl groups excluding tert-OH is 1. The molecule has 0 spiro atoms. The highest BCUT2D eigenvalue weighted by atomic mass is 32.2. The van der Waals surface area contributed by atoms with Gasteiger partial charge in [-0.05, 0) is 12.5 Å². The molecule has 1 N–H and O–H groups in total. The Bertz CT molecular complexity index is 743. The minimum Gasteiger partial charge on any atom is -0.388 e. The second-order valence-corrected chi connectivity index (χ2v) is 6.14. The van der Waals surface area contributed by atoms with Crippen molar-refractivity contribution in [3.8, 4) is 11.4 Å². The molecule has 23 heavy (non-hydrogen) atoms. The SMILES string of the molecule is CCn1c(SC[C@H](O)c2ccccc2)nnc1-c1ccccc1. The maximum absolute atomic E-state index is 10.3. The van der Waals surface area contributed by atoms with Crippen molar-refractivity contribution in [1.29, 1.82) is 0 Å². The molecule has 3 aromatic rings. The summed E-state index contributed by atoms with van der Waals surface area (Å²) in [5, 5.41) is 19.7. The van der Waals surface area contributed by atoms with Gasteiger partial charge in [0.1, 0.15) is 0 Å². The zero-order chi connectivity index (χ0) is 16.1. The van der Waals surface area contributed by atoms with Crippen molar-refractivity contribution in [2.24, 2.45) is 0 Å². The van der Waals surface area contributed by atoms with Gasteiger partial charge in [0.05, 0.1) is 6.10 Å². The van der Waals surface area contributed by atoms with E-state index in [0.29, 0.717) is 5.75 Å². The van der Waals surface area contributed by atoms with Gasteiger partial charge in [0.15, 0.2) is 11.0 Å². The second-order valence-electron chi connectivity index (χ2n) is 5.15. The van der Waals surface area contributed by atoms with Crippen molar-refractivity contribution in [2.75, 3.05) is 5.75 Å². The number of thioether (sulfide) groups is 1. The molecule has 118 valence electrons. The molecule has 0 saturated carbocycles. The number of benzene rings is 2. The number of nitrogens with zero attached hydrogens (tertiary/aromatic N) is 3. The van der Waals surface area contributed by atoms with Crippen molar-refractivity contribution < 1.29 is 5.11 Å². The van der Waals surface area contributed by atoms with Crippen LogP contribution in [0, 0.1) is 0 Å². The Labute approximate surface area is 140 Å². The van der Waals surface area contributed by atoms with Crippen LogP contribution in [0.5, 0.6) is 0 Å². The summed E-state index contributed by atoms with van der Waals surface area (Å²) in [4.78, 5) is 0. The quantitative estimate of drug-likeness (QED) is 0.701. The maximum Gasteiger partial charge on any atom is 0.191 e. The Morgan fingerprint density at radius 1 is 1.00 bits per heavy atom. The minimum absolute atomic E-state index is 0.511. The van der Waals surface area contributed by atoms with Gasteiger partial charge in [0, 0.05) is 17.9 Å². The molecule has 2 aromatic carbocycles. The summed E-state index contributed by atoms with van der Waals surface area (Å²) in [6.45, 7) is 2.87. The lowest BCUT2D eigenvalue weighted by Gasteiger charge is -2.11. The standard InChI is InChI=1S/C18H19N3OS/c1-2-21-17(15-11-7-4-8-12-15)19-20-18(21)23-13-16(22)14-9-5-3-6-10-14/h3-12,16,22H,2,13H2,1H3/t16-/m0/s1. The summed E-state index contributed by atoms with van der Waals surface area (Å²) in [5.74, 6) is 1.42. The van der Waals surface area contributed by atoms with E-state index in [0.717, 1.165) is 28.7 Å². The van der Waals surface area contributed by atoms with Crippen LogP contribution in [0.25, 0.3) is 11.4 Å². The third-order valence-corrected chi connectivity index (χ3v) is 4.66. The fourth-order valence-electron chi connectivity index (χ4n) is 2.41. The number of hydrogen-bond donors (Lipinski definition) is 1. The molecule has 5 heteroatoms. The molecule has 1 aromatic heterocycles. The van der Waals surface area contributed by atoms with Crippen molar-refractivity contribution in [3.63, 3.8) is 0 Å². The summed E-state index contributed by atoms with van der Waals surface area (Å²) in [7, 11) is 0. The van der Waals surface area contributed by atoms with Crippen LogP contribution in [-0.2, 0) is 6.54 Å². The normalized spacial score (nSPS) is 12.3. The topological polar surface area (TPSA) is 50.9 Å². The molecule has 0 aliphatic heterocycles. The van der Waals surface area contributed by atoms with Gasteiger partial charge in [0.2, 0.25) is 0 Å². The van der Waals surface area contributed by atoms with E-state index in [-0.39, 0.29) is 0 Å². The first-order valence-electron chi connectivity index (χ1n) is 7.64.